The highest BCUT2D eigenvalue weighted by atomic mass is 16.6. The zero-order valence-corrected chi connectivity index (χ0v) is 13.2. The van der Waals surface area contributed by atoms with Gasteiger partial charge >= 0.3 is 5.97 Å². The van der Waals surface area contributed by atoms with Crippen LogP contribution in [0.15, 0.2) is 18.2 Å². The lowest BCUT2D eigenvalue weighted by Gasteiger charge is -2.11. The van der Waals surface area contributed by atoms with Crippen LogP contribution in [-0.2, 0) is 14.3 Å². The average Bonchev–Trinajstić information content (AvgIpc) is 2.52. The summed E-state index contributed by atoms with van der Waals surface area (Å²) < 4.78 is 9.69. The van der Waals surface area contributed by atoms with Crippen molar-refractivity contribution in [2.45, 2.75) is 0 Å². The Morgan fingerprint density at radius 2 is 2.04 bits per heavy atom. The number of methoxy groups -OCH3 is 1. The number of ether oxygens (including phenoxy) is 2. The molecule has 1 N–H and O–H groups in total. The molecule has 0 aliphatic rings. The molecular weight excluding hydrogens is 306 g/mol. The van der Waals surface area contributed by atoms with Crippen molar-refractivity contribution in [1.29, 1.82) is 0 Å². The summed E-state index contributed by atoms with van der Waals surface area (Å²) in [5.74, 6) is -1.18. The molecule has 0 spiro atoms. The zero-order chi connectivity index (χ0) is 17.4. The van der Waals surface area contributed by atoms with Gasteiger partial charge in [0.1, 0.15) is 5.69 Å². The molecule has 9 nitrogen and oxygen atoms in total. The molecule has 0 fully saturated rings. The van der Waals surface area contributed by atoms with E-state index in [1.807, 2.05) is 0 Å². The van der Waals surface area contributed by atoms with Gasteiger partial charge in [-0.25, -0.2) is 4.79 Å². The van der Waals surface area contributed by atoms with Crippen molar-refractivity contribution in [2.24, 2.45) is 0 Å². The molecule has 0 radical (unpaired) electrons. The Morgan fingerprint density at radius 1 is 1.35 bits per heavy atom. The van der Waals surface area contributed by atoms with Gasteiger partial charge in [0.05, 0.1) is 17.1 Å². The molecule has 1 rings (SSSR count). The number of anilines is 1. The number of hydrogen-bond acceptors (Lipinski definition) is 7. The lowest BCUT2D eigenvalue weighted by Crippen LogP contribution is -2.27. The van der Waals surface area contributed by atoms with Gasteiger partial charge < -0.3 is 19.7 Å². The van der Waals surface area contributed by atoms with Crippen molar-refractivity contribution in [1.82, 2.24) is 4.90 Å². The molecular formula is C14H19N3O6. The van der Waals surface area contributed by atoms with Crippen LogP contribution in [-0.4, -0.2) is 62.7 Å². The third-order valence-electron chi connectivity index (χ3n) is 2.88. The van der Waals surface area contributed by atoms with E-state index in [0.29, 0.717) is 13.2 Å². The number of amides is 1. The Balaban J connectivity index is 2.84. The van der Waals surface area contributed by atoms with Gasteiger partial charge in [-0.1, -0.05) is 0 Å². The number of nitro benzene ring substituents is 1. The fraction of sp³-hybridized carbons (Fsp3) is 0.429. The molecule has 0 saturated carbocycles. The van der Waals surface area contributed by atoms with Crippen molar-refractivity contribution in [3.63, 3.8) is 0 Å². The first-order valence-electron chi connectivity index (χ1n) is 6.75. The highest BCUT2D eigenvalue weighted by molar-refractivity contribution is 5.93. The molecule has 0 atom stereocenters. The van der Waals surface area contributed by atoms with Crippen molar-refractivity contribution in [3.8, 4) is 0 Å². The quantitative estimate of drug-likeness (QED) is 0.327. The van der Waals surface area contributed by atoms with Crippen molar-refractivity contribution < 1.29 is 24.0 Å². The Bertz CT molecular complexity index is 588. The average molecular weight is 325 g/mol. The topological polar surface area (TPSA) is 111 Å². The summed E-state index contributed by atoms with van der Waals surface area (Å²) in [6.45, 7) is 0.347. The van der Waals surface area contributed by atoms with E-state index in [0.717, 1.165) is 6.07 Å². The summed E-state index contributed by atoms with van der Waals surface area (Å²) >= 11 is 0. The van der Waals surface area contributed by atoms with E-state index in [1.165, 1.54) is 38.2 Å². The molecule has 0 heterocycles. The van der Waals surface area contributed by atoms with E-state index >= 15 is 0 Å². The molecule has 0 unspecified atom stereocenters. The van der Waals surface area contributed by atoms with Gasteiger partial charge in [-0.3, -0.25) is 14.9 Å². The monoisotopic (exact) mass is 325 g/mol. The molecule has 0 aliphatic carbocycles. The van der Waals surface area contributed by atoms with E-state index in [1.54, 1.807) is 0 Å². The van der Waals surface area contributed by atoms with E-state index in [-0.39, 0.29) is 22.8 Å². The van der Waals surface area contributed by atoms with Crippen LogP contribution in [0.4, 0.5) is 11.4 Å². The first-order chi connectivity index (χ1) is 10.9. The number of carbonyl (C=O) groups excluding carboxylic acids is 2. The number of likely N-dealkylation sites (N-methyl/N-ethyl adjacent to an activating group) is 1. The fourth-order valence-corrected chi connectivity index (χ4v) is 1.59. The summed E-state index contributed by atoms with van der Waals surface area (Å²) in [7, 11) is 4.58. The first kappa shape index (κ1) is 18.4. The van der Waals surface area contributed by atoms with E-state index in [4.69, 9.17) is 9.47 Å². The van der Waals surface area contributed by atoms with Crippen molar-refractivity contribution >= 4 is 23.3 Å². The van der Waals surface area contributed by atoms with E-state index in [2.05, 4.69) is 5.32 Å². The smallest absolute Gasteiger partial charge is 0.338 e. The summed E-state index contributed by atoms with van der Waals surface area (Å²) in [5.41, 5.74) is 0.0167. The molecule has 0 saturated heterocycles. The maximum atomic E-state index is 11.9. The molecule has 0 aromatic heterocycles. The molecule has 1 aromatic rings. The number of nitro groups is 1. The Labute approximate surface area is 133 Å². The highest BCUT2D eigenvalue weighted by Crippen LogP contribution is 2.25. The number of benzene rings is 1. The number of nitrogens with zero attached hydrogens (tertiary/aromatic N) is 2. The molecule has 0 bridgehead atoms. The normalized spacial score (nSPS) is 10.0. The number of hydrogen-bond donors (Lipinski definition) is 1. The summed E-state index contributed by atoms with van der Waals surface area (Å²) in [6, 6.07) is 3.92. The van der Waals surface area contributed by atoms with Crippen LogP contribution < -0.4 is 5.32 Å². The molecule has 9 heteroatoms. The van der Waals surface area contributed by atoms with Gasteiger partial charge in [-0.15, -0.1) is 0 Å². The SMILES string of the molecule is COCCNc1ccc(C(=O)OCC(=O)N(C)C)cc1[N+](=O)[O-]. The minimum atomic E-state index is -0.799. The molecule has 1 aromatic carbocycles. The van der Waals surface area contributed by atoms with Gasteiger partial charge in [-0.05, 0) is 12.1 Å². The van der Waals surface area contributed by atoms with Crippen LogP contribution in [0.5, 0.6) is 0 Å². The predicted octanol–water partition coefficient (Wildman–Crippen LogP) is 0.898. The summed E-state index contributed by atoms with van der Waals surface area (Å²) in [6.07, 6.45) is 0. The van der Waals surface area contributed by atoms with Crippen LogP contribution in [0.25, 0.3) is 0 Å². The Morgan fingerprint density at radius 3 is 2.61 bits per heavy atom. The molecule has 23 heavy (non-hydrogen) atoms. The Hall–Kier alpha value is -2.68. The lowest BCUT2D eigenvalue weighted by atomic mass is 10.1. The van der Waals surface area contributed by atoms with Gasteiger partial charge in [0.15, 0.2) is 6.61 Å². The number of esters is 1. The minimum absolute atomic E-state index is 0.000507. The van der Waals surface area contributed by atoms with Crippen molar-refractivity contribution in [3.05, 3.63) is 33.9 Å². The third kappa shape index (κ3) is 5.55. The van der Waals surface area contributed by atoms with Gasteiger partial charge in [0.2, 0.25) is 0 Å². The van der Waals surface area contributed by atoms with Gasteiger partial charge in [0.25, 0.3) is 11.6 Å². The van der Waals surface area contributed by atoms with Crippen LogP contribution >= 0.6 is 0 Å². The standard InChI is InChI=1S/C14H19N3O6/c1-16(2)13(18)9-23-14(19)10-4-5-11(15-6-7-22-3)12(8-10)17(20)21/h4-5,8,15H,6-7,9H2,1-3H3. The lowest BCUT2D eigenvalue weighted by molar-refractivity contribution is -0.384. The molecule has 0 aliphatic heterocycles. The second-order valence-electron chi connectivity index (χ2n) is 4.77. The maximum Gasteiger partial charge on any atom is 0.338 e. The Kier molecular flexibility index (Phi) is 6.94. The third-order valence-corrected chi connectivity index (χ3v) is 2.88. The maximum absolute atomic E-state index is 11.9. The number of nitrogens with one attached hydrogen (secondary N) is 1. The second kappa shape index (κ2) is 8.69. The fourth-order valence-electron chi connectivity index (χ4n) is 1.59. The predicted molar refractivity (Wildman–Crippen MR) is 82.4 cm³/mol. The molecule has 126 valence electrons. The van der Waals surface area contributed by atoms with E-state index in [9.17, 15) is 19.7 Å². The largest absolute Gasteiger partial charge is 0.452 e. The summed E-state index contributed by atoms with van der Waals surface area (Å²) in [4.78, 5) is 35.0. The first-order valence-corrected chi connectivity index (χ1v) is 6.75. The van der Waals surface area contributed by atoms with Crippen LogP contribution in [0.1, 0.15) is 10.4 Å². The number of rotatable bonds is 8. The van der Waals surface area contributed by atoms with E-state index < -0.39 is 17.5 Å². The highest BCUT2D eigenvalue weighted by Gasteiger charge is 2.19. The zero-order valence-electron chi connectivity index (χ0n) is 13.2. The second-order valence-corrected chi connectivity index (χ2v) is 4.77. The van der Waals surface area contributed by atoms with Gasteiger partial charge in [-0.2, -0.15) is 0 Å². The van der Waals surface area contributed by atoms with Gasteiger partial charge in [0, 0.05) is 33.8 Å². The van der Waals surface area contributed by atoms with Crippen LogP contribution in [0.2, 0.25) is 0 Å². The van der Waals surface area contributed by atoms with Crippen molar-refractivity contribution in [2.75, 3.05) is 46.3 Å². The summed E-state index contributed by atoms with van der Waals surface area (Å²) in [5, 5.41) is 14.0. The molecule has 1 amide bonds. The van der Waals surface area contributed by atoms with Crippen LogP contribution in [0, 0.1) is 10.1 Å². The van der Waals surface area contributed by atoms with Crippen LogP contribution in [0.3, 0.4) is 0 Å². The minimum Gasteiger partial charge on any atom is -0.452 e. The number of carbonyl (C=O) groups is 2.